The van der Waals surface area contributed by atoms with Crippen LogP contribution in [-0.2, 0) is 9.84 Å². The lowest BCUT2D eigenvalue weighted by atomic mass is 10.4. The molecule has 0 aliphatic heterocycles. The van der Waals surface area contributed by atoms with E-state index >= 15 is 0 Å². The third-order valence-corrected chi connectivity index (χ3v) is 3.91. The highest BCUT2D eigenvalue weighted by molar-refractivity contribution is 7.90. The van der Waals surface area contributed by atoms with Gasteiger partial charge in [-0.2, -0.15) is 0 Å². The summed E-state index contributed by atoms with van der Waals surface area (Å²) in [4.78, 5) is 6.60. The van der Waals surface area contributed by atoms with Gasteiger partial charge in [0.15, 0.2) is 9.84 Å². The number of anilines is 1. The van der Waals surface area contributed by atoms with Gasteiger partial charge in [0.05, 0.1) is 0 Å². The maximum absolute atomic E-state index is 11.6. The van der Waals surface area contributed by atoms with Crippen LogP contribution in [0.3, 0.4) is 0 Å². The topological polar surface area (TPSA) is 62.3 Å². The molecular weight excluding hydrogens is 250 g/mol. The molecule has 0 saturated carbocycles. The van der Waals surface area contributed by atoms with Gasteiger partial charge in [0, 0.05) is 25.5 Å². The average molecular weight is 271 g/mol. The highest BCUT2D eigenvalue weighted by Crippen LogP contribution is 2.17. The molecule has 1 N–H and O–H groups in total. The third kappa shape index (κ3) is 4.27. The van der Waals surface area contributed by atoms with E-state index in [1.807, 2.05) is 0 Å². The molecule has 0 fully saturated rings. The molecule has 18 heavy (non-hydrogen) atoms. The fraction of sp³-hybridized carbons (Fsp3) is 0.583. The molecule has 0 spiro atoms. The van der Waals surface area contributed by atoms with Crippen LogP contribution in [0.4, 0.5) is 5.82 Å². The van der Waals surface area contributed by atoms with Crippen molar-refractivity contribution in [1.82, 2.24) is 9.88 Å². The second-order valence-electron chi connectivity index (χ2n) is 4.08. The third-order valence-electron chi connectivity index (χ3n) is 2.79. The molecule has 0 radical (unpaired) electrons. The molecule has 0 bridgehead atoms. The Morgan fingerprint density at radius 2 is 2.00 bits per heavy atom. The number of pyridine rings is 1. The van der Waals surface area contributed by atoms with Crippen molar-refractivity contribution in [3.63, 3.8) is 0 Å². The molecule has 0 aliphatic carbocycles. The summed E-state index contributed by atoms with van der Waals surface area (Å²) in [5, 5.41) is 3.09. The number of likely N-dealkylation sites (N-methyl/N-ethyl adjacent to an activating group) is 1. The monoisotopic (exact) mass is 271 g/mol. The summed E-state index contributed by atoms with van der Waals surface area (Å²) >= 11 is 0. The minimum atomic E-state index is -3.23. The number of hydrogen-bond acceptors (Lipinski definition) is 5. The normalized spacial score (nSPS) is 11.8. The van der Waals surface area contributed by atoms with Crippen molar-refractivity contribution in [2.75, 3.05) is 37.8 Å². The predicted molar refractivity (Wildman–Crippen MR) is 73.6 cm³/mol. The lowest BCUT2D eigenvalue weighted by Gasteiger charge is -2.18. The van der Waals surface area contributed by atoms with Crippen LogP contribution in [-0.4, -0.2) is 50.7 Å². The van der Waals surface area contributed by atoms with Crippen LogP contribution in [0.2, 0.25) is 0 Å². The number of hydrogen-bond donors (Lipinski definition) is 1. The Bertz CT molecular complexity index is 470. The zero-order chi connectivity index (χ0) is 13.6. The van der Waals surface area contributed by atoms with Crippen LogP contribution in [0, 0.1) is 0 Å². The van der Waals surface area contributed by atoms with E-state index in [0.29, 0.717) is 12.4 Å². The van der Waals surface area contributed by atoms with E-state index in [-0.39, 0.29) is 4.90 Å². The van der Waals surface area contributed by atoms with Crippen molar-refractivity contribution in [3.8, 4) is 0 Å². The molecule has 102 valence electrons. The minimum Gasteiger partial charge on any atom is -0.368 e. The average Bonchev–Trinajstić information content (AvgIpc) is 2.34. The quantitative estimate of drug-likeness (QED) is 0.808. The van der Waals surface area contributed by atoms with Gasteiger partial charge >= 0.3 is 0 Å². The summed E-state index contributed by atoms with van der Waals surface area (Å²) < 4.78 is 23.1. The Labute approximate surface area is 109 Å². The predicted octanol–water partition coefficient (Wildman–Crippen LogP) is 1.24. The minimum absolute atomic E-state index is 0.254. The van der Waals surface area contributed by atoms with E-state index in [1.165, 1.54) is 6.26 Å². The van der Waals surface area contributed by atoms with Gasteiger partial charge in [-0.05, 0) is 25.2 Å². The summed E-state index contributed by atoms with van der Waals surface area (Å²) in [7, 11) is -3.23. The Kier molecular flexibility index (Phi) is 5.55. The smallest absolute Gasteiger partial charge is 0.179 e. The van der Waals surface area contributed by atoms with E-state index < -0.39 is 9.84 Å². The molecule has 6 heteroatoms. The van der Waals surface area contributed by atoms with Crippen molar-refractivity contribution < 1.29 is 8.42 Å². The van der Waals surface area contributed by atoms with Gasteiger partial charge in [0.25, 0.3) is 0 Å². The zero-order valence-electron chi connectivity index (χ0n) is 11.2. The molecule has 0 saturated heterocycles. The summed E-state index contributed by atoms with van der Waals surface area (Å²) in [5.41, 5.74) is 0. The molecular formula is C12H21N3O2S. The first-order valence-corrected chi connectivity index (χ1v) is 7.99. The highest BCUT2D eigenvalue weighted by Gasteiger charge is 2.13. The lowest BCUT2D eigenvalue weighted by molar-refractivity contribution is 0.316. The molecule has 0 atom stereocenters. The van der Waals surface area contributed by atoms with Gasteiger partial charge in [-0.15, -0.1) is 0 Å². The molecule has 1 aromatic heterocycles. The summed E-state index contributed by atoms with van der Waals surface area (Å²) in [6.45, 7) is 7.73. The summed E-state index contributed by atoms with van der Waals surface area (Å²) in [6, 6.07) is 3.20. The van der Waals surface area contributed by atoms with Gasteiger partial charge in [-0.3, -0.25) is 0 Å². The Hall–Kier alpha value is -1.14. The van der Waals surface area contributed by atoms with Crippen LogP contribution >= 0.6 is 0 Å². The number of nitrogens with one attached hydrogen (secondary N) is 1. The van der Waals surface area contributed by atoms with Gasteiger partial charge in [0.1, 0.15) is 10.7 Å². The Balaban J connectivity index is 2.68. The van der Waals surface area contributed by atoms with E-state index in [2.05, 4.69) is 29.0 Å². The van der Waals surface area contributed by atoms with Gasteiger partial charge in [-0.1, -0.05) is 13.8 Å². The number of nitrogens with zero attached hydrogens (tertiary/aromatic N) is 2. The van der Waals surface area contributed by atoms with E-state index in [9.17, 15) is 8.42 Å². The molecule has 0 aromatic carbocycles. The summed E-state index contributed by atoms with van der Waals surface area (Å²) in [6.07, 6.45) is 2.79. The van der Waals surface area contributed by atoms with E-state index in [1.54, 1.807) is 18.3 Å². The van der Waals surface area contributed by atoms with Crippen molar-refractivity contribution in [3.05, 3.63) is 18.3 Å². The van der Waals surface area contributed by atoms with E-state index in [0.717, 1.165) is 19.6 Å². The first-order chi connectivity index (χ1) is 8.49. The molecule has 0 unspecified atom stereocenters. The number of aromatic nitrogens is 1. The van der Waals surface area contributed by atoms with Crippen LogP contribution in [0.25, 0.3) is 0 Å². The molecule has 1 rings (SSSR count). The number of rotatable bonds is 7. The first kappa shape index (κ1) is 14.9. The largest absolute Gasteiger partial charge is 0.368 e. The van der Waals surface area contributed by atoms with Crippen molar-refractivity contribution >= 4 is 15.7 Å². The molecule has 5 nitrogen and oxygen atoms in total. The second-order valence-corrected chi connectivity index (χ2v) is 6.06. The maximum Gasteiger partial charge on any atom is 0.179 e. The van der Waals surface area contributed by atoms with Gasteiger partial charge in [-0.25, -0.2) is 13.4 Å². The maximum atomic E-state index is 11.6. The van der Waals surface area contributed by atoms with Crippen molar-refractivity contribution in [2.45, 2.75) is 18.7 Å². The fourth-order valence-corrected chi connectivity index (χ4v) is 2.50. The van der Waals surface area contributed by atoms with Crippen LogP contribution in [0.15, 0.2) is 23.2 Å². The van der Waals surface area contributed by atoms with Gasteiger partial charge in [0.2, 0.25) is 0 Å². The number of sulfone groups is 1. The van der Waals surface area contributed by atoms with Crippen LogP contribution in [0.5, 0.6) is 0 Å². The van der Waals surface area contributed by atoms with Crippen molar-refractivity contribution in [1.29, 1.82) is 0 Å². The highest BCUT2D eigenvalue weighted by atomic mass is 32.2. The molecule has 1 aromatic rings. The SMILES string of the molecule is CCN(CC)CCNc1ncccc1S(C)(=O)=O. The van der Waals surface area contributed by atoms with Gasteiger partial charge < -0.3 is 10.2 Å². The summed E-state index contributed by atoms with van der Waals surface area (Å²) in [5.74, 6) is 0.437. The molecule has 0 aliphatic rings. The second kappa shape index (κ2) is 6.70. The van der Waals surface area contributed by atoms with Crippen LogP contribution < -0.4 is 5.32 Å². The standard InChI is InChI=1S/C12H21N3O2S/c1-4-15(5-2)10-9-14-12-11(18(3,16)17)7-6-8-13-12/h6-8H,4-5,9-10H2,1-3H3,(H,13,14). The fourth-order valence-electron chi connectivity index (χ4n) is 1.69. The first-order valence-electron chi connectivity index (χ1n) is 6.10. The molecule has 0 amide bonds. The zero-order valence-corrected chi connectivity index (χ0v) is 12.0. The van der Waals surface area contributed by atoms with Crippen molar-refractivity contribution in [2.24, 2.45) is 0 Å². The van der Waals surface area contributed by atoms with Crippen LogP contribution in [0.1, 0.15) is 13.8 Å². The Morgan fingerprint density at radius 3 is 2.56 bits per heavy atom. The van der Waals surface area contributed by atoms with E-state index in [4.69, 9.17) is 0 Å². The lowest BCUT2D eigenvalue weighted by Crippen LogP contribution is -2.29. The molecule has 1 heterocycles. The Morgan fingerprint density at radius 1 is 1.33 bits per heavy atom.